The summed E-state index contributed by atoms with van der Waals surface area (Å²) in [4.78, 5) is 11.1. The standard InChI is InChI=1S/C23H36O5/c1-3-5-12-23(27,4-2)13-8-11-19-20-14-18(28-22(20)15-21(19)26)10-7-6-9-17(25)16-24/h2,6,9,18-22,24,26-27H,3,5,7-8,10-16H2,1H3/t18?,19-,20-,21-,22+,23?/m1/s1. The summed E-state index contributed by atoms with van der Waals surface area (Å²) in [5.74, 6) is 2.85. The molecular weight excluding hydrogens is 356 g/mol. The van der Waals surface area contributed by atoms with E-state index in [-0.39, 0.29) is 30.0 Å². The zero-order valence-electron chi connectivity index (χ0n) is 17.1. The zero-order valence-corrected chi connectivity index (χ0v) is 17.1. The highest BCUT2D eigenvalue weighted by Crippen LogP contribution is 2.46. The van der Waals surface area contributed by atoms with Crippen molar-refractivity contribution in [1.82, 2.24) is 0 Å². The number of ether oxygens (including phenoxy) is 1. The third-order valence-corrected chi connectivity index (χ3v) is 6.35. The molecule has 5 nitrogen and oxygen atoms in total. The maximum atomic E-state index is 11.1. The van der Waals surface area contributed by atoms with Gasteiger partial charge in [0.15, 0.2) is 5.78 Å². The molecule has 2 rings (SSSR count). The van der Waals surface area contributed by atoms with Crippen molar-refractivity contribution >= 4 is 5.78 Å². The van der Waals surface area contributed by atoms with Crippen molar-refractivity contribution in [2.75, 3.05) is 6.61 Å². The first kappa shape index (κ1) is 23.1. The topological polar surface area (TPSA) is 87.0 Å². The molecule has 6 atom stereocenters. The van der Waals surface area contributed by atoms with Crippen LogP contribution in [0, 0.1) is 24.2 Å². The van der Waals surface area contributed by atoms with Gasteiger partial charge in [0.2, 0.25) is 0 Å². The predicted molar refractivity (Wildman–Crippen MR) is 109 cm³/mol. The van der Waals surface area contributed by atoms with Gasteiger partial charge >= 0.3 is 0 Å². The Morgan fingerprint density at radius 2 is 2.04 bits per heavy atom. The van der Waals surface area contributed by atoms with Gasteiger partial charge in [0.05, 0.1) is 18.3 Å². The van der Waals surface area contributed by atoms with Gasteiger partial charge in [-0.05, 0) is 69.3 Å². The third kappa shape index (κ3) is 6.42. The van der Waals surface area contributed by atoms with E-state index in [0.717, 1.165) is 44.9 Å². The maximum Gasteiger partial charge on any atom is 0.180 e. The number of carbonyl (C=O) groups excluding carboxylic acids is 1. The second kappa shape index (κ2) is 11.1. The first-order chi connectivity index (χ1) is 13.4. The Bertz CT molecular complexity index is 566. The fourth-order valence-corrected chi connectivity index (χ4v) is 4.75. The van der Waals surface area contributed by atoms with E-state index >= 15 is 0 Å². The molecule has 1 aliphatic carbocycles. The highest BCUT2D eigenvalue weighted by Gasteiger charge is 2.48. The van der Waals surface area contributed by atoms with Crippen LogP contribution < -0.4 is 0 Å². The van der Waals surface area contributed by atoms with E-state index in [4.69, 9.17) is 16.3 Å². The number of terminal acetylenes is 1. The number of hydrogen-bond donors (Lipinski definition) is 3. The lowest BCUT2D eigenvalue weighted by atomic mass is 9.83. The van der Waals surface area contributed by atoms with Gasteiger partial charge in [-0.2, -0.15) is 0 Å². The van der Waals surface area contributed by atoms with Crippen LogP contribution in [0.1, 0.15) is 71.1 Å². The van der Waals surface area contributed by atoms with Gasteiger partial charge in [-0.3, -0.25) is 4.79 Å². The van der Waals surface area contributed by atoms with E-state index < -0.39 is 12.2 Å². The molecule has 0 amide bonds. The molecule has 0 aromatic heterocycles. The van der Waals surface area contributed by atoms with E-state index in [9.17, 15) is 15.0 Å². The van der Waals surface area contributed by atoms with Crippen LogP contribution in [0.5, 0.6) is 0 Å². The number of ketones is 1. The SMILES string of the molecule is C#CC(O)(CCCC)CCC[C@@H]1[C@H]2CC(CCC=CC(=O)CO)O[C@H]2C[C@H]1O. The minimum atomic E-state index is -1.02. The molecule has 158 valence electrons. The lowest BCUT2D eigenvalue weighted by Crippen LogP contribution is -2.27. The van der Waals surface area contributed by atoms with Gasteiger partial charge in [-0.15, -0.1) is 6.42 Å². The number of unbranched alkanes of at least 4 members (excludes halogenated alkanes) is 1. The summed E-state index contributed by atoms with van der Waals surface area (Å²) < 4.78 is 6.13. The molecule has 0 bridgehead atoms. The average Bonchev–Trinajstić information content (AvgIpc) is 3.20. The van der Waals surface area contributed by atoms with E-state index in [2.05, 4.69) is 12.8 Å². The molecule has 0 spiro atoms. The van der Waals surface area contributed by atoms with Crippen LogP contribution in [0.2, 0.25) is 0 Å². The van der Waals surface area contributed by atoms with Gasteiger partial charge in [-0.25, -0.2) is 0 Å². The zero-order chi connectivity index (χ0) is 20.6. The quantitative estimate of drug-likeness (QED) is 0.351. The largest absolute Gasteiger partial charge is 0.393 e. The first-order valence-electron chi connectivity index (χ1n) is 10.8. The molecule has 2 unspecified atom stereocenters. The Labute approximate surface area is 169 Å². The van der Waals surface area contributed by atoms with Crippen molar-refractivity contribution in [1.29, 1.82) is 0 Å². The third-order valence-electron chi connectivity index (χ3n) is 6.35. The minimum absolute atomic E-state index is 0.111. The van der Waals surface area contributed by atoms with E-state index in [0.29, 0.717) is 25.2 Å². The smallest absolute Gasteiger partial charge is 0.180 e. The summed E-state index contributed by atoms with van der Waals surface area (Å²) in [5.41, 5.74) is -1.02. The van der Waals surface area contributed by atoms with Crippen LogP contribution in [-0.4, -0.2) is 51.6 Å². The molecule has 1 saturated heterocycles. The van der Waals surface area contributed by atoms with Gasteiger partial charge in [-0.1, -0.05) is 25.3 Å². The number of hydrogen-bond acceptors (Lipinski definition) is 5. The van der Waals surface area contributed by atoms with Gasteiger partial charge < -0.3 is 20.1 Å². The minimum Gasteiger partial charge on any atom is -0.393 e. The highest BCUT2D eigenvalue weighted by atomic mass is 16.5. The molecule has 28 heavy (non-hydrogen) atoms. The lowest BCUT2D eigenvalue weighted by molar-refractivity contribution is -0.117. The molecular formula is C23H36O5. The van der Waals surface area contributed by atoms with Gasteiger partial charge in [0, 0.05) is 6.42 Å². The van der Waals surface area contributed by atoms with Crippen molar-refractivity contribution in [2.24, 2.45) is 11.8 Å². The molecule has 2 fully saturated rings. The lowest BCUT2D eigenvalue weighted by Gasteiger charge is -2.25. The van der Waals surface area contributed by atoms with Crippen LogP contribution in [0.25, 0.3) is 0 Å². The Kier molecular flexibility index (Phi) is 9.17. The van der Waals surface area contributed by atoms with Crippen molar-refractivity contribution in [3.05, 3.63) is 12.2 Å². The predicted octanol–water partition coefficient (Wildman–Crippen LogP) is 2.76. The van der Waals surface area contributed by atoms with Crippen LogP contribution in [0.4, 0.5) is 0 Å². The Hall–Kier alpha value is -1.19. The molecule has 0 radical (unpaired) electrons. The maximum absolute atomic E-state index is 11.1. The van der Waals surface area contributed by atoms with Gasteiger partial charge in [0.25, 0.3) is 0 Å². The molecule has 0 aromatic carbocycles. The molecule has 3 N–H and O–H groups in total. The van der Waals surface area contributed by atoms with Crippen molar-refractivity contribution in [3.63, 3.8) is 0 Å². The number of aliphatic hydroxyl groups excluding tert-OH is 2. The summed E-state index contributed by atoms with van der Waals surface area (Å²) in [6, 6.07) is 0. The second-order valence-electron chi connectivity index (χ2n) is 8.44. The number of allylic oxidation sites excluding steroid dienone is 1. The molecule has 1 aliphatic heterocycles. The molecule has 0 aromatic rings. The molecule has 2 aliphatic rings. The average molecular weight is 393 g/mol. The van der Waals surface area contributed by atoms with E-state index in [1.54, 1.807) is 6.08 Å². The second-order valence-corrected chi connectivity index (χ2v) is 8.44. The Balaban J connectivity index is 1.78. The van der Waals surface area contributed by atoms with Crippen LogP contribution in [0.15, 0.2) is 12.2 Å². The molecule has 1 saturated carbocycles. The first-order valence-corrected chi connectivity index (χ1v) is 10.8. The van der Waals surface area contributed by atoms with Crippen molar-refractivity contribution in [3.8, 4) is 12.3 Å². The summed E-state index contributed by atoms with van der Waals surface area (Å²) in [6.07, 6.45) is 16.7. The highest BCUT2D eigenvalue weighted by molar-refractivity contribution is 5.90. The number of aliphatic hydroxyl groups is 3. The summed E-state index contributed by atoms with van der Waals surface area (Å²) in [6.45, 7) is 1.64. The fourth-order valence-electron chi connectivity index (χ4n) is 4.75. The summed E-state index contributed by atoms with van der Waals surface area (Å²) in [5, 5.41) is 29.7. The fraction of sp³-hybridized carbons (Fsp3) is 0.783. The van der Waals surface area contributed by atoms with Crippen LogP contribution >= 0.6 is 0 Å². The monoisotopic (exact) mass is 392 g/mol. The normalized spacial score (nSPS) is 31.6. The number of rotatable bonds is 12. The Morgan fingerprint density at radius 1 is 1.29 bits per heavy atom. The summed E-state index contributed by atoms with van der Waals surface area (Å²) >= 11 is 0. The van der Waals surface area contributed by atoms with Crippen LogP contribution in [0.3, 0.4) is 0 Å². The van der Waals surface area contributed by atoms with Gasteiger partial charge in [0.1, 0.15) is 12.2 Å². The van der Waals surface area contributed by atoms with E-state index in [1.165, 1.54) is 6.08 Å². The Morgan fingerprint density at radius 3 is 2.71 bits per heavy atom. The molecule has 5 heteroatoms. The van der Waals surface area contributed by atoms with Crippen molar-refractivity contribution < 1.29 is 24.9 Å². The van der Waals surface area contributed by atoms with Crippen LogP contribution in [-0.2, 0) is 9.53 Å². The number of carbonyl (C=O) groups is 1. The summed E-state index contributed by atoms with van der Waals surface area (Å²) in [7, 11) is 0. The number of fused-ring (bicyclic) bond motifs is 1. The van der Waals surface area contributed by atoms with E-state index in [1.807, 2.05) is 0 Å². The van der Waals surface area contributed by atoms with Crippen molar-refractivity contribution in [2.45, 2.75) is 95.0 Å². The molecule has 1 heterocycles.